The molecule has 3 heterocycles. The lowest BCUT2D eigenvalue weighted by Crippen LogP contribution is -2.41. The Morgan fingerprint density at radius 2 is 2.00 bits per heavy atom. The number of amides is 1. The van der Waals surface area contributed by atoms with Gasteiger partial charge in [-0.15, -0.1) is 11.3 Å². The highest BCUT2D eigenvalue weighted by Gasteiger charge is 2.28. The number of ether oxygens (including phenoxy) is 1. The van der Waals surface area contributed by atoms with Crippen LogP contribution in [0.15, 0.2) is 35.7 Å². The van der Waals surface area contributed by atoms with Crippen LogP contribution in [0.4, 0.5) is 9.18 Å². The first-order valence-corrected chi connectivity index (χ1v) is 11.7. The molecule has 7 heteroatoms. The summed E-state index contributed by atoms with van der Waals surface area (Å²) in [5.41, 5.74) is 3.15. The number of likely N-dealkylation sites (tertiary alicyclic amines) is 1. The second-order valence-electron chi connectivity index (χ2n) is 8.99. The minimum absolute atomic E-state index is 0.244. The van der Waals surface area contributed by atoms with Crippen LogP contribution in [-0.2, 0) is 11.2 Å². The maximum absolute atomic E-state index is 14.2. The molecule has 1 fully saturated rings. The van der Waals surface area contributed by atoms with Crippen molar-refractivity contribution in [3.63, 3.8) is 0 Å². The van der Waals surface area contributed by atoms with Crippen molar-refractivity contribution >= 4 is 39.2 Å². The Bertz CT molecular complexity index is 1100. The minimum atomic E-state index is -0.485. The number of rotatable bonds is 3. The smallest absolute Gasteiger partial charge is 0.410 e. The summed E-state index contributed by atoms with van der Waals surface area (Å²) in [5.74, 6) is 0.0388. The molecule has 31 heavy (non-hydrogen) atoms. The summed E-state index contributed by atoms with van der Waals surface area (Å²) < 4.78 is 20.8. The van der Waals surface area contributed by atoms with Gasteiger partial charge >= 0.3 is 6.09 Å². The van der Waals surface area contributed by atoms with Gasteiger partial charge in [-0.1, -0.05) is 17.7 Å². The molecule has 4 rings (SSSR count). The van der Waals surface area contributed by atoms with Gasteiger partial charge in [0.05, 0.1) is 10.2 Å². The third-order valence-electron chi connectivity index (χ3n) is 5.48. The van der Waals surface area contributed by atoms with Crippen molar-refractivity contribution in [2.45, 2.75) is 51.6 Å². The van der Waals surface area contributed by atoms with Gasteiger partial charge in [0.25, 0.3) is 0 Å². The highest BCUT2D eigenvalue weighted by atomic mass is 35.5. The number of hydrogen-bond acceptors (Lipinski definition) is 4. The quantitative estimate of drug-likeness (QED) is 0.432. The number of halogens is 2. The van der Waals surface area contributed by atoms with Crippen LogP contribution in [0.1, 0.15) is 56.4 Å². The van der Waals surface area contributed by atoms with Crippen molar-refractivity contribution in [3.05, 3.63) is 63.4 Å². The van der Waals surface area contributed by atoms with Crippen molar-refractivity contribution in [3.8, 4) is 0 Å². The molecule has 0 radical (unpaired) electrons. The standard InChI is InChI=1S/C24H26ClFN2O2S/c1-24(2,3)30-23(29)28-10-8-15(9-11-28)19-14-31-21-7-6-18(27-22(19)21)12-16-4-5-17(25)13-20(16)26/h4-7,13-15H,8-12H2,1-3H3. The van der Waals surface area contributed by atoms with Crippen molar-refractivity contribution < 1.29 is 13.9 Å². The molecule has 0 N–H and O–H groups in total. The van der Waals surface area contributed by atoms with Crippen molar-refractivity contribution in [1.29, 1.82) is 0 Å². The molecule has 1 aliphatic rings. The highest BCUT2D eigenvalue weighted by molar-refractivity contribution is 7.17. The van der Waals surface area contributed by atoms with Gasteiger partial charge in [-0.05, 0) is 80.3 Å². The first-order chi connectivity index (χ1) is 14.7. The van der Waals surface area contributed by atoms with E-state index in [1.54, 1.807) is 28.4 Å². The van der Waals surface area contributed by atoms with Crippen LogP contribution in [0.25, 0.3) is 10.2 Å². The summed E-state index contributed by atoms with van der Waals surface area (Å²) in [6, 6.07) is 8.78. The van der Waals surface area contributed by atoms with Crippen molar-refractivity contribution in [2.24, 2.45) is 0 Å². The topological polar surface area (TPSA) is 42.4 Å². The van der Waals surface area contributed by atoms with Crippen molar-refractivity contribution in [1.82, 2.24) is 9.88 Å². The van der Waals surface area contributed by atoms with Crippen LogP contribution in [0, 0.1) is 5.82 Å². The van der Waals surface area contributed by atoms with E-state index in [-0.39, 0.29) is 11.9 Å². The molecule has 0 unspecified atom stereocenters. The number of carbonyl (C=O) groups excluding carboxylic acids is 1. The largest absolute Gasteiger partial charge is 0.444 e. The molecule has 0 aliphatic carbocycles. The van der Waals surface area contributed by atoms with Crippen LogP contribution < -0.4 is 0 Å². The molecule has 0 spiro atoms. The zero-order valence-corrected chi connectivity index (χ0v) is 19.5. The first kappa shape index (κ1) is 22.0. The second kappa shape index (κ2) is 8.75. The predicted octanol–water partition coefficient (Wildman–Crippen LogP) is 6.79. The average Bonchev–Trinajstić information content (AvgIpc) is 3.12. The van der Waals surface area contributed by atoms with E-state index in [1.165, 1.54) is 11.6 Å². The van der Waals surface area contributed by atoms with Crippen LogP contribution in [-0.4, -0.2) is 34.7 Å². The van der Waals surface area contributed by atoms with E-state index in [4.69, 9.17) is 21.3 Å². The van der Waals surface area contributed by atoms with Gasteiger partial charge in [-0.3, -0.25) is 4.98 Å². The molecular formula is C24H26ClFN2O2S. The number of aromatic nitrogens is 1. The van der Waals surface area contributed by atoms with Gasteiger partial charge in [0.15, 0.2) is 0 Å². The summed E-state index contributed by atoms with van der Waals surface area (Å²) in [6.45, 7) is 7.00. The molecule has 4 nitrogen and oxygen atoms in total. The van der Waals surface area contributed by atoms with Gasteiger partial charge in [0.2, 0.25) is 0 Å². The number of nitrogens with zero attached hydrogens (tertiary/aromatic N) is 2. The van der Waals surface area contributed by atoms with Crippen LogP contribution >= 0.6 is 22.9 Å². The molecule has 0 bridgehead atoms. The van der Waals surface area contributed by atoms with Gasteiger partial charge in [-0.2, -0.15) is 0 Å². The monoisotopic (exact) mass is 460 g/mol. The third-order valence-corrected chi connectivity index (χ3v) is 6.67. The van der Waals surface area contributed by atoms with Crippen molar-refractivity contribution in [2.75, 3.05) is 13.1 Å². The molecule has 2 aromatic heterocycles. The molecule has 1 saturated heterocycles. The molecule has 3 aromatic rings. The maximum atomic E-state index is 14.2. The molecular weight excluding hydrogens is 435 g/mol. The average molecular weight is 461 g/mol. The molecule has 1 aliphatic heterocycles. The van der Waals surface area contributed by atoms with Gasteiger partial charge in [0, 0.05) is 30.2 Å². The lowest BCUT2D eigenvalue weighted by Gasteiger charge is -2.33. The number of piperidine rings is 1. The number of fused-ring (bicyclic) bond motifs is 1. The summed E-state index contributed by atoms with van der Waals surface area (Å²) in [5, 5.41) is 2.57. The number of benzene rings is 1. The molecule has 0 atom stereocenters. The molecule has 164 valence electrons. The second-order valence-corrected chi connectivity index (χ2v) is 10.3. The van der Waals surface area contributed by atoms with E-state index >= 15 is 0 Å². The first-order valence-electron chi connectivity index (χ1n) is 10.5. The Hall–Kier alpha value is -2.18. The normalized spacial score (nSPS) is 15.5. The zero-order chi connectivity index (χ0) is 22.2. The lowest BCUT2D eigenvalue weighted by atomic mass is 9.90. The Kier molecular flexibility index (Phi) is 6.22. The predicted molar refractivity (Wildman–Crippen MR) is 124 cm³/mol. The Morgan fingerprint density at radius 1 is 1.26 bits per heavy atom. The number of carbonyl (C=O) groups is 1. The summed E-state index contributed by atoms with van der Waals surface area (Å²) in [4.78, 5) is 19.0. The number of hydrogen-bond donors (Lipinski definition) is 0. The van der Waals surface area contributed by atoms with Gasteiger partial charge < -0.3 is 9.64 Å². The fourth-order valence-corrected chi connectivity index (χ4v) is 5.06. The number of pyridine rings is 1. The summed E-state index contributed by atoms with van der Waals surface area (Å²) >= 11 is 7.55. The van der Waals surface area contributed by atoms with E-state index in [1.807, 2.05) is 26.8 Å². The SMILES string of the molecule is CC(C)(C)OC(=O)N1CCC(c2csc3ccc(Cc4ccc(Cl)cc4F)nc23)CC1. The van der Waals surface area contributed by atoms with Crippen LogP contribution in [0.2, 0.25) is 5.02 Å². The fourth-order valence-electron chi connectivity index (χ4n) is 3.92. The van der Waals surface area contributed by atoms with Crippen LogP contribution in [0.5, 0.6) is 0 Å². The zero-order valence-electron chi connectivity index (χ0n) is 18.0. The van der Waals surface area contributed by atoms with E-state index in [9.17, 15) is 9.18 Å². The molecule has 1 aromatic carbocycles. The fraction of sp³-hybridized carbons (Fsp3) is 0.417. The van der Waals surface area contributed by atoms with E-state index in [0.29, 0.717) is 36.0 Å². The maximum Gasteiger partial charge on any atom is 0.410 e. The number of thiophene rings is 1. The van der Waals surface area contributed by atoms with Gasteiger partial charge in [0.1, 0.15) is 11.4 Å². The Balaban J connectivity index is 1.49. The highest BCUT2D eigenvalue weighted by Crippen LogP contribution is 2.36. The Labute approximate surface area is 191 Å². The lowest BCUT2D eigenvalue weighted by molar-refractivity contribution is 0.0205. The van der Waals surface area contributed by atoms with Gasteiger partial charge in [-0.25, -0.2) is 9.18 Å². The van der Waals surface area contributed by atoms with E-state index in [2.05, 4.69) is 11.4 Å². The van der Waals surface area contributed by atoms with E-state index < -0.39 is 5.60 Å². The van der Waals surface area contributed by atoms with E-state index in [0.717, 1.165) is 28.8 Å². The summed E-state index contributed by atoms with van der Waals surface area (Å²) in [6.07, 6.45) is 1.93. The third kappa shape index (κ3) is 5.18. The molecule has 0 saturated carbocycles. The molecule has 1 amide bonds. The summed E-state index contributed by atoms with van der Waals surface area (Å²) in [7, 11) is 0. The Morgan fingerprint density at radius 3 is 2.68 bits per heavy atom. The van der Waals surface area contributed by atoms with Crippen LogP contribution in [0.3, 0.4) is 0 Å². The minimum Gasteiger partial charge on any atom is -0.444 e.